The van der Waals surface area contributed by atoms with Crippen molar-refractivity contribution in [2.24, 2.45) is 0 Å². The maximum Gasteiger partial charge on any atom is 0.251 e. The number of rotatable bonds is 6. The molecule has 0 radical (unpaired) electrons. The van der Waals surface area contributed by atoms with Crippen LogP contribution in [0.2, 0.25) is 10.0 Å². The predicted molar refractivity (Wildman–Crippen MR) is 108 cm³/mol. The summed E-state index contributed by atoms with van der Waals surface area (Å²) in [6.07, 6.45) is 2.91. The zero-order valence-electron chi connectivity index (χ0n) is 14.7. The van der Waals surface area contributed by atoms with Crippen LogP contribution in [-0.2, 0) is 4.79 Å². The maximum absolute atomic E-state index is 12.4. The van der Waals surface area contributed by atoms with Crippen molar-refractivity contribution in [2.45, 2.75) is 0 Å². The number of anilines is 2. The Labute approximate surface area is 170 Å². The van der Waals surface area contributed by atoms with Crippen molar-refractivity contribution >= 4 is 46.4 Å². The van der Waals surface area contributed by atoms with Gasteiger partial charge in [0.25, 0.3) is 5.91 Å². The van der Waals surface area contributed by atoms with Gasteiger partial charge in [-0.05, 0) is 36.4 Å². The van der Waals surface area contributed by atoms with E-state index in [1.165, 1.54) is 24.4 Å². The molecule has 0 fully saturated rings. The second kappa shape index (κ2) is 8.73. The molecule has 0 atom stereocenters. The van der Waals surface area contributed by atoms with Crippen LogP contribution in [-0.4, -0.2) is 40.2 Å². The molecule has 3 N–H and O–H groups in total. The van der Waals surface area contributed by atoms with Crippen LogP contribution in [0.5, 0.6) is 0 Å². The molecule has 8 nitrogen and oxygen atoms in total. The number of carbonyl (C=O) groups is 2. The summed E-state index contributed by atoms with van der Waals surface area (Å²) in [6.45, 7) is -0.0692. The number of halogens is 2. The van der Waals surface area contributed by atoms with Crippen LogP contribution in [0.1, 0.15) is 10.4 Å². The topological polar surface area (TPSA) is 101 Å². The summed E-state index contributed by atoms with van der Waals surface area (Å²) in [6, 6.07) is 9.81. The van der Waals surface area contributed by atoms with E-state index in [1.54, 1.807) is 36.4 Å². The third-order valence-corrected chi connectivity index (χ3v) is 4.36. The number of amides is 2. The number of hydrogen-bond donors (Lipinski definition) is 3. The largest absolute Gasteiger partial charge is 0.375 e. The molecule has 0 saturated carbocycles. The number of nitrogens with one attached hydrogen (secondary N) is 3. The highest BCUT2D eigenvalue weighted by Gasteiger charge is 2.12. The summed E-state index contributed by atoms with van der Waals surface area (Å²) < 4.78 is 1.52. The van der Waals surface area contributed by atoms with E-state index in [0.29, 0.717) is 32.7 Å². The normalized spacial score (nSPS) is 10.4. The Balaban J connectivity index is 1.72. The van der Waals surface area contributed by atoms with Gasteiger partial charge in [0.2, 0.25) is 5.91 Å². The fourth-order valence-corrected chi connectivity index (χ4v) is 2.81. The monoisotopic (exact) mass is 418 g/mol. The van der Waals surface area contributed by atoms with Crippen LogP contribution in [0.3, 0.4) is 0 Å². The zero-order valence-corrected chi connectivity index (χ0v) is 16.3. The molecule has 0 aliphatic rings. The minimum atomic E-state index is -0.329. The molecular formula is C18H16Cl2N6O2. The molecule has 1 heterocycles. The minimum Gasteiger partial charge on any atom is -0.375 e. The van der Waals surface area contributed by atoms with E-state index in [0.717, 1.165) is 0 Å². The van der Waals surface area contributed by atoms with Gasteiger partial charge in [-0.25, -0.2) is 9.67 Å². The molecule has 3 rings (SSSR count). The third-order valence-electron chi connectivity index (χ3n) is 3.79. The van der Waals surface area contributed by atoms with Gasteiger partial charge in [-0.1, -0.05) is 23.2 Å². The van der Waals surface area contributed by atoms with E-state index >= 15 is 0 Å². The molecular weight excluding hydrogens is 403 g/mol. The number of carbonyl (C=O) groups excluding carboxylic acids is 2. The van der Waals surface area contributed by atoms with E-state index in [-0.39, 0.29) is 18.4 Å². The van der Waals surface area contributed by atoms with Crippen LogP contribution >= 0.6 is 23.2 Å². The zero-order chi connectivity index (χ0) is 20.1. The Bertz CT molecular complexity index is 1010. The molecule has 0 saturated heterocycles. The highest BCUT2D eigenvalue weighted by atomic mass is 35.5. The molecule has 1 aromatic heterocycles. The van der Waals surface area contributed by atoms with Crippen molar-refractivity contribution < 1.29 is 9.59 Å². The minimum absolute atomic E-state index is 0.0692. The number of nitrogens with zero attached hydrogens (tertiary/aromatic N) is 3. The lowest BCUT2D eigenvalue weighted by atomic mass is 10.2. The van der Waals surface area contributed by atoms with Gasteiger partial charge in [0.05, 0.1) is 28.6 Å². The van der Waals surface area contributed by atoms with Crippen molar-refractivity contribution in [1.29, 1.82) is 0 Å². The van der Waals surface area contributed by atoms with Crippen molar-refractivity contribution in [3.8, 4) is 5.69 Å². The Morgan fingerprint density at radius 2 is 1.93 bits per heavy atom. The molecule has 3 aromatic rings. The van der Waals surface area contributed by atoms with E-state index in [4.69, 9.17) is 23.2 Å². The standard InChI is InChI=1S/C18H16Cl2N6O2/c1-21-18(28)11-2-4-13(20)14(6-11)23-8-17(27)25-15-7-12(19)3-5-16(15)26-10-22-9-24-26/h2-7,9-10,23H,8H2,1H3,(H,21,28)(H,25,27). The summed E-state index contributed by atoms with van der Waals surface area (Å²) in [7, 11) is 1.54. The van der Waals surface area contributed by atoms with Gasteiger partial charge in [-0.15, -0.1) is 0 Å². The number of hydrogen-bond acceptors (Lipinski definition) is 5. The summed E-state index contributed by atoms with van der Waals surface area (Å²) in [5.74, 6) is -0.578. The van der Waals surface area contributed by atoms with Crippen molar-refractivity contribution in [1.82, 2.24) is 20.1 Å². The van der Waals surface area contributed by atoms with Gasteiger partial charge in [-0.2, -0.15) is 5.10 Å². The summed E-state index contributed by atoms with van der Waals surface area (Å²) in [5.41, 5.74) is 2.00. The molecule has 28 heavy (non-hydrogen) atoms. The van der Waals surface area contributed by atoms with E-state index < -0.39 is 0 Å². The smallest absolute Gasteiger partial charge is 0.251 e. The van der Waals surface area contributed by atoms with Gasteiger partial charge in [0, 0.05) is 17.6 Å². The Hall–Kier alpha value is -3.10. The lowest BCUT2D eigenvalue weighted by Crippen LogP contribution is -2.23. The Kier molecular flexibility index (Phi) is 6.13. The van der Waals surface area contributed by atoms with E-state index in [9.17, 15) is 9.59 Å². The maximum atomic E-state index is 12.4. The first kappa shape index (κ1) is 19.7. The first-order chi connectivity index (χ1) is 13.5. The molecule has 2 aromatic carbocycles. The fraction of sp³-hybridized carbons (Fsp3) is 0.111. The van der Waals surface area contributed by atoms with Gasteiger partial charge < -0.3 is 16.0 Å². The average molecular weight is 419 g/mol. The van der Waals surface area contributed by atoms with Crippen LogP contribution < -0.4 is 16.0 Å². The van der Waals surface area contributed by atoms with Crippen molar-refractivity contribution in [3.05, 3.63) is 64.7 Å². The number of aromatic nitrogens is 3. The summed E-state index contributed by atoms with van der Waals surface area (Å²) in [4.78, 5) is 28.1. The van der Waals surface area contributed by atoms with Gasteiger partial charge >= 0.3 is 0 Å². The predicted octanol–water partition coefficient (Wildman–Crippen LogP) is 2.98. The molecule has 0 unspecified atom stereocenters. The van der Waals surface area contributed by atoms with Crippen LogP contribution in [0.4, 0.5) is 11.4 Å². The Morgan fingerprint density at radius 3 is 2.64 bits per heavy atom. The van der Waals surface area contributed by atoms with E-state index in [1.807, 2.05) is 0 Å². The molecule has 0 bridgehead atoms. The molecule has 144 valence electrons. The van der Waals surface area contributed by atoms with Gasteiger partial charge in [0.1, 0.15) is 12.7 Å². The summed E-state index contributed by atoms with van der Waals surface area (Å²) in [5, 5.41) is 13.2. The van der Waals surface area contributed by atoms with Crippen molar-refractivity contribution in [3.63, 3.8) is 0 Å². The first-order valence-corrected chi connectivity index (χ1v) is 8.93. The van der Waals surface area contributed by atoms with Crippen LogP contribution in [0.15, 0.2) is 49.1 Å². The van der Waals surface area contributed by atoms with Gasteiger partial charge in [-0.3, -0.25) is 9.59 Å². The molecule has 0 aliphatic carbocycles. The average Bonchev–Trinajstić information content (AvgIpc) is 3.21. The van der Waals surface area contributed by atoms with E-state index in [2.05, 4.69) is 26.0 Å². The molecule has 0 aliphatic heterocycles. The second-order valence-corrected chi connectivity index (χ2v) is 6.52. The quantitative estimate of drug-likeness (QED) is 0.571. The lowest BCUT2D eigenvalue weighted by molar-refractivity contribution is -0.114. The second-order valence-electron chi connectivity index (χ2n) is 5.68. The molecule has 0 spiro atoms. The summed E-state index contributed by atoms with van der Waals surface area (Å²) >= 11 is 12.2. The molecule has 2 amide bonds. The Morgan fingerprint density at radius 1 is 1.11 bits per heavy atom. The molecule has 10 heteroatoms. The van der Waals surface area contributed by atoms with Gasteiger partial charge in [0.15, 0.2) is 0 Å². The van der Waals surface area contributed by atoms with Crippen LogP contribution in [0.25, 0.3) is 5.69 Å². The highest BCUT2D eigenvalue weighted by Crippen LogP contribution is 2.25. The SMILES string of the molecule is CNC(=O)c1ccc(Cl)c(NCC(=O)Nc2cc(Cl)ccc2-n2cncn2)c1. The third kappa shape index (κ3) is 4.59. The fourth-order valence-electron chi connectivity index (χ4n) is 2.46. The lowest BCUT2D eigenvalue weighted by Gasteiger charge is -2.13. The highest BCUT2D eigenvalue weighted by molar-refractivity contribution is 6.33. The van der Waals surface area contributed by atoms with Crippen LogP contribution in [0, 0.1) is 0 Å². The number of benzene rings is 2. The van der Waals surface area contributed by atoms with Crippen molar-refractivity contribution in [2.75, 3.05) is 24.2 Å². The first-order valence-electron chi connectivity index (χ1n) is 8.18.